The molecule has 4 N–H and O–H groups in total. The van der Waals surface area contributed by atoms with Gasteiger partial charge >= 0.3 is 0 Å². The fourth-order valence-corrected chi connectivity index (χ4v) is 2.76. The first kappa shape index (κ1) is 20.2. The summed E-state index contributed by atoms with van der Waals surface area (Å²) in [7, 11) is 1.56. The van der Waals surface area contributed by atoms with E-state index in [0.717, 1.165) is 22.3 Å². The van der Waals surface area contributed by atoms with Crippen LogP contribution in [-0.4, -0.2) is 19.3 Å². The SMILES string of the molecule is COc1cc(/C=N/N=C(N)N)ccc1OCc1c(C)c(C)c(F)c(C)c1C. The maximum atomic E-state index is 14.2. The van der Waals surface area contributed by atoms with Gasteiger partial charge in [-0.15, -0.1) is 5.10 Å². The van der Waals surface area contributed by atoms with Gasteiger partial charge in [0.2, 0.25) is 5.96 Å². The van der Waals surface area contributed by atoms with Gasteiger partial charge in [0.15, 0.2) is 11.5 Å². The van der Waals surface area contributed by atoms with Gasteiger partial charge < -0.3 is 20.9 Å². The highest BCUT2D eigenvalue weighted by molar-refractivity contribution is 5.82. The van der Waals surface area contributed by atoms with E-state index >= 15 is 0 Å². The van der Waals surface area contributed by atoms with Crippen molar-refractivity contribution in [2.75, 3.05) is 7.11 Å². The van der Waals surface area contributed by atoms with Crippen LogP contribution in [0.15, 0.2) is 28.4 Å². The van der Waals surface area contributed by atoms with Crippen LogP contribution in [0.25, 0.3) is 0 Å². The Morgan fingerprint density at radius 1 is 1.04 bits per heavy atom. The lowest BCUT2D eigenvalue weighted by molar-refractivity contribution is 0.283. The lowest BCUT2D eigenvalue weighted by atomic mass is 9.94. The normalized spacial score (nSPS) is 10.9. The van der Waals surface area contributed by atoms with E-state index in [1.807, 2.05) is 19.9 Å². The number of ether oxygens (including phenoxy) is 2. The number of rotatable bonds is 6. The zero-order chi connectivity index (χ0) is 20.1. The Labute approximate surface area is 158 Å². The highest BCUT2D eigenvalue weighted by atomic mass is 19.1. The molecule has 0 spiro atoms. The Morgan fingerprint density at radius 2 is 1.67 bits per heavy atom. The molecular weight excluding hydrogens is 347 g/mol. The summed E-state index contributed by atoms with van der Waals surface area (Å²) in [5.41, 5.74) is 15.3. The average molecular weight is 372 g/mol. The van der Waals surface area contributed by atoms with E-state index < -0.39 is 0 Å². The topological polar surface area (TPSA) is 95.2 Å². The number of nitrogens with zero attached hydrogens (tertiary/aromatic N) is 2. The number of methoxy groups -OCH3 is 1. The molecule has 0 fully saturated rings. The lowest BCUT2D eigenvalue weighted by Gasteiger charge is -2.18. The van der Waals surface area contributed by atoms with Gasteiger partial charge in [0.25, 0.3) is 0 Å². The number of halogens is 1. The van der Waals surface area contributed by atoms with E-state index in [2.05, 4.69) is 10.2 Å². The van der Waals surface area contributed by atoms with E-state index in [1.54, 1.807) is 33.1 Å². The number of nitrogens with two attached hydrogens (primary N) is 2. The molecule has 0 saturated heterocycles. The molecule has 2 rings (SSSR count). The Bertz CT molecular complexity index is 874. The maximum absolute atomic E-state index is 14.2. The van der Waals surface area contributed by atoms with Crippen molar-refractivity contribution in [3.63, 3.8) is 0 Å². The Hall–Kier alpha value is -3.09. The van der Waals surface area contributed by atoms with Crippen LogP contribution in [0.1, 0.15) is 33.4 Å². The second-order valence-electron chi connectivity index (χ2n) is 6.26. The zero-order valence-corrected chi connectivity index (χ0v) is 16.3. The summed E-state index contributed by atoms with van der Waals surface area (Å²) in [5.74, 6) is 0.856. The number of guanidine groups is 1. The van der Waals surface area contributed by atoms with Crippen molar-refractivity contribution in [1.29, 1.82) is 0 Å². The largest absolute Gasteiger partial charge is 0.493 e. The van der Waals surface area contributed by atoms with Gasteiger partial charge in [-0.25, -0.2) is 4.39 Å². The summed E-state index contributed by atoms with van der Waals surface area (Å²) >= 11 is 0. The van der Waals surface area contributed by atoms with Crippen molar-refractivity contribution >= 4 is 12.2 Å². The Kier molecular flexibility index (Phi) is 6.39. The van der Waals surface area contributed by atoms with Crippen LogP contribution in [0.5, 0.6) is 11.5 Å². The van der Waals surface area contributed by atoms with Crippen LogP contribution in [0.4, 0.5) is 4.39 Å². The van der Waals surface area contributed by atoms with E-state index in [9.17, 15) is 4.39 Å². The molecular formula is C20H25FN4O2. The highest BCUT2D eigenvalue weighted by Gasteiger charge is 2.15. The van der Waals surface area contributed by atoms with Crippen LogP contribution < -0.4 is 20.9 Å². The molecule has 27 heavy (non-hydrogen) atoms. The molecule has 0 heterocycles. The van der Waals surface area contributed by atoms with Crippen molar-refractivity contribution in [3.8, 4) is 11.5 Å². The standard InChI is InChI=1S/C20H25FN4O2/c1-11-13(3)19(21)14(4)12(2)16(11)10-27-17-7-6-15(8-18(17)26-5)9-24-25-20(22)23/h6-9H,10H2,1-5H3,(H4,22,23,25)/b24-9+. The van der Waals surface area contributed by atoms with Gasteiger partial charge in [0.1, 0.15) is 12.4 Å². The highest BCUT2D eigenvalue weighted by Crippen LogP contribution is 2.31. The van der Waals surface area contributed by atoms with Crippen LogP contribution in [-0.2, 0) is 6.61 Å². The summed E-state index contributed by atoms with van der Waals surface area (Å²) in [6.45, 7) is 7.70. The number of benzene rings is 2. The third-order valence-corrected chi connectivity index (χ3v) is 4.63. The number of hydrogen-bond donors (Lipinski definition) is 2. The molecule has 2 aromatic rings. The Morgan fingerprint density at radius 3 is 2.22 bits per heavy atom. The van der Waals surface area contributed by atoms with Crippen molar-refractivity contribution in [3.05, 3.63) is 57.4 Å². The lowest BCUT2D eigenvalue weighted by Crippen LogP contribution is -2.21. The van der Waals surface area contributed by atoms with Crippen molar-refractivity contribution in [2.24, 2.45) is 21.7 Å². The second kappa shape index (κ2) is 8.53. The van der Waals surface area contributed by atoms with E-state index in [0.29, 0.717) is 29.2 Å². The van der Waals surface area contributed by atoms with Gasteiger partial charge in [0, 0.05) is 0 Å². The molecule has 0 aliphatic heterocycles. The minimum Gasteiger partial charge on any atom is -0.493 e. The molecule has 0 radical (unpaired) electrons. The summed E-state index contributed by atoms with van der Waals surface area (Å²) in [5, 5.41) is 7.33. The summed E-state index contributed by atoms with van der Waals surface area (Å²) < 4.78 is 25.6. The average Bonchev–Trinajstić information content (AvgIpc) is 2.65. The van der Waals surface area contributed by atoms with Gasteiger partial charge in [-0.1, -0.05) is 0 Å². The third kappa shape index (κ3) is 4.55. The minimum absolute atomic E-state index is 0.117. The first-order chi connectivity index (χ1) is 12.8. The Balaban J connectivity index is 2.26. The van der Waals surface area contributed by atoms with Crippen molar-refractivity contribution in [1.82, 2.24) is 0 Å². The molecule has 0 amide bonds. The molecule has 2 aromatic carbocycles. The fourth-order valence-electron chi connectivity index (χ4n) is 2.76. The molecule has 0 atom stereocenters. The smallest absolute Gasteiger partial charge is 0.211 e. The molecule has 0 aromatic heterocycles. The monoisotopic (exact) mass is 372 g/mol. The fraction of sp³-hybridized carbons (Fsp3) is 0.300. The molecule has 0 aliphatic rings. The quantitative estimate of drug-likeness (QED) is 0.462. The molecule has 0 aliphatic carbocycles. The first-order valence-electron chi connectivity index (χ1n) is 8.43. The molecule has 144 valence electrons. The molecule has 0 unspecified atom stereocenters. The summed E-state index contributed by atoms with van der Waals surface area (Å²) in [4.78, 5) is 0. The first-order valence-corrected chi connectivity index (χ1v) is 8.43. The maximum Gasteiger partial charge on any atom is 0.211 e. The van der Waals surface area contributed by atoms with E-state index in [1.165, 1.54) is 6.21 Å². The molecule has 0 saturated carbocycles. The van der Waals surface area contributed by atoms with Gasteiger partial charge in [-0.2, -0.15) is 5.10 Å². The third-order valence-electron chi connectivity index (χ3n) is 4.63. The summed E-state index contributed by atoms with van der Waals surface area (Å²) in [6.07, 6.45) is 1.51. The van der Waals surface area contributed by atoms with Crippen LogP contribution in [0, 0.1) is 33.5 Å². The predicted octanol–water partition coefficient (Wildman–Crippen LogP) is 3.25. The zero-order valence-electron chi connectivity index (χ0n) is 16.3. The predicted molar refractivity (Wildman–Crippen MR) is 106 cm³/mol. The van der Waals surface area contributed by atoms with Crippen LogP contribution in [0.3, 0.4) is 0 Å². The minimum atomic E-state index is -0.157. The van der Waals surface area contributed by atoms with E-state index in [4.69, 9.17) is 20.9 Å². The molecule has 7 heteroatoms. The van der Waals surface area contributed by atoms with Crippen LogP contribution in [0.2, 0.25) is 0 Å². The number of hydrogen-bond acceptors (Lipinski definition) is 4. The summed E-state index contributed by atoms with van der Waals surface area (Å²) in [6, 6.07) is 5.36. The van der Waals surface area contributed by atoms with Crippen LogP contribution >= 0.6 is 0 Å². The van der Waals surface area contributed by atoms with Gasteiger partial charge in [0.05, 0.1) is 13.3 Å². The van der Waals surface area contributed by atoms with Gasteiger partial charge in [-0.05, 0) is 79.3 Å². The second-order valence-corrected chi connectivity index (χ2v) is 6.26. The molecule has 6 nitrogen and oxygen atoms in total. The van der Waals surface area contributed by atoms with Crippen molar-refractivity contribution in [2.45, 2.75) is 34.3 Å². The van der Waals surface area contributed by atoms with Crippen molar-refractivity contribution < 1.29 is 13.9 Å². The van der Waals surface area contributed by atoms with E-state index in [-0.39, 0.29) is 11.8 Å². The molecule has 0 bridgehead atoms. The van der Waals surface area contributed by atoms with Gasteiger partial charge in [-0.3, -0.25) is 0 Å².